The Kier molecular flexibility index (Phi) is 2.92. The average Bonchev–Trinajstić information content (AvgIpc) is 2.71. The molecule has 0 spiro atoms. The largest absolute Gasteiger partial charge is 0.496 e. The van der Waals surface area contributed by atoms with Gasteiger partial charge in [0.05, 0.1) is 19.0 Å². The standard InChI is InChI=1S/C14H18N2O/c1-8-6-12(13-7-15-11(4)16-13)9(2)10(3)14(8)17-5/h6-7H,1-5H3,(H,15,16). The Morgan fingerprint density at radius 1 is 1.12 bits per heavy atom. The van der Waals surface area contributed by atoms with Crippen molar-refractivity contribution in [1.29, 1.82) is 0 Å². The van der Waals surface area contributed by atoms with E-state index in [0.29, 0.717) is 0 Å². The summed E-state index contributed by atoms with van der Waals surface area (Å²) in [6.07, 6.45) is 1.88. The van der Waals surface area contributed by atoms with E-state index in [0.717, 1.165) is 22.8 Å². The molecule has 1 N–H and O–H groups in total. The van der Waals surface area contributed by atoms with Crippen LogP contribution in [0.1, 0.15) is 22.5 Å². The number of aromatic nitrogens is 2. The molecule has 90 valence electrons. The zero-order valence-electron chi connectivity index (χ0n) is 11.0. The van der Waals surface area contributed by atoms with E-state index < -0.39 is 0 Å². The number of hydrogen-bond donors (Lipinski definition) is 1. The molecule has 0 radical (unpaired) electrons. The van der Waals surface area contributed by atoms with Gasteiger partial charge >= 0.3 is 0 Å². The maximum absolute atomic E-state index is 5.43. The second kappa shape index (κ2) is 4.24. The van der Waals surface area contributed by atoms with Crippen molar-refractivity contribution >= 4 is 0 Å². The highest BCUT2D eigenvalue weighted by atomic mass is 16.5. The summed E-state index contributed by atoms with van der Waals surface area (Å²) in [5.41, 5.74) is 5.83. The molecule has 17 heavy (non-hydrogen) atoms. The number of methoxy groups -OCH3 is 1. The molecule has 0 aliphatic heterocycles. The minimum atomic E-state index is 0.936. The lowest BCUT2D eigenvalue weighted by molar-refractivity contribution is 0.408. The Morgan fingerprint density at radius 2 is 1.82 bits per heavy atom. The Labute approximate surface area is 102 Å². The summed E-state index contributed by atoms with van der Waals surface area (Å²) in [5, 5.41) is 0. The van der Waals surface area contributed by atoms with Crippen LogP contribution in [0.2, 0.25) is 0 Å². The monoisotopic (exact) mass is 230 g/mol. The Morgan fingerprint density at radius 3 is 2.35 bits per heavy atom. The van der Waals surface area contributed by atoms with E-state index in [1.807, 2.05) is 13.1 Å². The number of hydrogen-bond acceptors (Lipinski definition) is 2. The van der Waals surface area contributed by atoms with Crippen molar-refractivity contribution in [3.05, 3.63) is 34.8 Å². The second-order valence-electron chi connectivity index (χ2n) is 4.41. The fourth-order valence-electron chi connectivity index (χ4n) is 2.21. The van der Waals surface area contributed by atoms with E-state index in [4.69, 9.17) is 4.74 Å². The molecule has 3 heteroatoms. The van der Waals surface area contributed by atoms with Crippen LogP contribution in [-0.2, 0) is 0 Å². The quantitative estimate of drug-likeness (QED) is 0.859. The first-order valence-corrected chi connectivity index (χ1v) is 5.71. The summed E-state index contributed by atoms with van der Waals surface area (Å²) in [6, 6.07) is 2.15. The van der Waals surface area contributed by atoms with Crippen molar-refractivity contribution in [3.8, 4) is 17.0 Å². The molecular weight excluding hydrogens is 212 g/mol. The van der Waals surface area contributed by atoms with E-state index in [2.05, 4.69) is 36.8 Å². The molecule has 0 aliphatic rings. The normalized spacial score (nSPS) is 10.6. The van der Waals surface area contributed by atoms with Crippen LogP contribution in [0.3, 0.4) is 0 Å². The van der Waals surface area contributed by atoms with Crippen LogP contribution in [0.5, 0.6) is 5.75 Å². The fraction of sp³-hybridized carbons (Fsp3) is 0.357. The molecule has 0 atom stereocenters. The summed E-state index contributed by atoms with van der Waals surface area (Å²) in [6.45, 7) is 8.23. The highest BCUT2D eigenvalue weighted by Crippen LogP contribution is 2.33. The van der Waals surface area contributed by atoms with Crippen LogP contribution in [0.15, 0.2) is 12.3 Å². The first-order valence-electron chi connectivity index (χ1n) is 5.71. The van der Waals surface area contributed by atoms with Gasteiger partial charge < -0.3 is 9.72 Å². The maximum Gasteiger partial charge on any atom is 0.124 e. The Hall–Kier alpha value is -1.77. The molecule has 0 bridgehead atoms. The van der Waals surface area contributed by atoms with Gasteiger partial charge in [0.1, 0.15) is 11.6 Å². The first-order chi connectivity index (χ1) is 8.04. The number of nitrogens with one attached hydrogen (secondary N) is 1. The molecule has 0 saturated heterocycles. The molecule has 1 aromatic carbocycles. The minimum absolute atomic E-state index is 0.936. The Bertz CT molecular complexity index is 556. The highest BCUT2D eigenvalue weighted by Gasteiger charge is 2.12. The highest BCUT2D eigenvalue weighted by molar-refractivity contribution is 5.68. The number of benzene rings is 1. The van der Waals surface area contributed by atoms with Crippen molar-refractivity contribution < 1.29 is 4.74 Å². The predicted molar refractivity (Wildman–Crippen MR) is 69.5 cm³/mol. The number of rotatable bonds is 2. The molecular formula is C14H18N2O. The van der Waals surface area contributed by atoms with Gasteiger partial charge in [-0.05, 0) is 50.5 Å². The number of aromatic amines is 1. The van der Waals surface area contributed by atoms with Gasteiger partial charge in [0, 0.05) is 5.56 Å². The van der Waals surface area contributed by atoms with Crippen LogP contribution in [-0.4, -0.2) is 17.1 Å². The van der Waals surface area contributed by atoms with Gasteiger partial charge in [-0.1, -0.05) is 0 Å². The first kappa shape index (κ1) is 11.7. The zero-order chi connectivity index (χ0) is 12.6. The van der Waals surface area contributed by atoms with Crippen LogP contribution in [0.4, 0.5) is 0 Å². The molecule has 2 rings (SSSR count). The number of aryl methyl sites for hydroxylation is 2. The Balaban J connectivity index is 2.64. The van der Waals surface area contributed by atoms with E-state index in [1.165, 1.54) is 16.7 Å². The molecule has 0 aliphatic carbocycles. The van der Waals surface area contributed by atoms with Gasteiger partial charge in [-0.3, -0.25) is 0 Å². The maximum atomic E-state index is 5.43. The summed E-state index contributed by atoms with van der Waals surface area (Å²) >= 11 is 0. The summed E-state index contributed by atoms with van der Waals surface area (Å²) < 4.78 is 5.43. The van der Waals surface area contributed by atoms with E-state index in [1.54, 1.807) is 7.11 Å². The summed E-state index contributed by atoms with van der Waals surface area (Å²) in [7, 11) is 1.72. The van der Waals surface area contributed by atoms with Gasteiger partial charge in [-0.25, -0.2) is 4.98 Å². The topological polar surface area (TPSA) is 37.9 Å². The van der Waals surface area contributed by atoms with Gasteiger partial charge in [-0.2, -0.15) is 0 Å². The minimum Gasteiger partial charge on any atom is -0.496 e. The van der Waals surface area contributed by atoms with Crippen LogP contribution < -0.4 is 4.74 Å². The molecule has 1 heterocycles. The second-order valence-corrected chi connectivity index (χ2v) is 4.41. The predicted octanol–water partition coefficient (Wildman–Crippen LogP) is 3.32. The van der Waals surface area contributed by atoms with Crippen LogP contribution >= 0.6 is 0 Å². The molecule has 0 amide bonds. The molecule has 0 unspecified atom stereocenters. The fourth-order valence-corrected chi connectivity index (χ4v) is 2.21. The van der Waals surface area contributed by atoms with Crippen molar-refractivity contribution in [2.75, 3.05) is 7.11 Å². The molecule has 2 aromatic rings. The van der Waals surface area contributed by atoms with Gasteiger partial charge in [0.2, 0.25) is 0 Å². The van der Waals surface area contributed by atoms with Crippen LogP contribution in [0, 0.1) is 27.7 Å². The van der Waals surface area contributed by atoms with E-state index in [9.17, 15) is 0 Å². The third-order valence-electron chi connectivity index (χ3n) is 3.22. The number of nitrogens with zero attached hydrogens (tertiary/aromatic N) is 1. The van der Waals surface area contributed by atoms with E-state index in [-0.39, 0.29) is 0 Å². The van der Waals surface area contributed by atoms with Crippen molar-refractivity contribution in [2.24, 2.45) is 0 Å². The lowest BCUT2D eigenvalue weighted by Gasteiger charge is -2.14. The number of imidazole rings is 1. The molecule has 1 aromatic heterocycles. The molecule has 3 nitrogen and oxygen atoms in total. The van der Waals surface area contributed by atoms with Crippen molar-refractivity contribution in [2.45, 2.75) is 27.7 Å². The van der Waals surface area contributed by atoms with Crippen molar-refractivity contribution in [3.63, 3.8) is 0 Å². The molecule has 0 fully saturated rings. The lowest BCUT2D eigenvalue weighted by Crippen LogP contribution is -1.96. The van der Waals surface area contributed by atoms with E-state index >= 15 is 0 Å². The van der Waals surface area contributed by atoms with Gasteiger partial charge in [0.25, 0.3) is 0 Å². The SMILES string of the molecule is COc1c(C)cc(-c2cnc(C)[nH]2)c(C)c1C. The van der Waals surface area contributed by atoms with Crippen LogP contribution in [0.25, 0.3) is 11.3 Å². The third kappa shape index (κ3) is 1.93. The third-order valence-corrected chi connectivity index (χ3v) is 3.22. The molecule has 0 saturated carbocycles. The van der Waals surface area contributed by atoms with Gasteiger partial charge in [-0.15, -0.1) is 0 Å². The number of H-pyrrole nitrogens is 1. The number of ether oxygens (including phenoxy) is 1. The lowest BCUT2D eigenvalue weighted by atomic mass is 9.97. The average molecular weight is 230 g/mol. The summed E-state index contributed by atoms with van der Waals surface area (Å²) in [4.78, 5) is 7.52. The smallest absolute Gasteiger partial charge is 0.124 e. The van der Waals surface area contributed by atoms with Crippen molar-refractivity contribution in [1.82, 2.24) is 9.97 Å². The zero-order valence-corrected chi connectivity index (χ0v) is 11.0. The van der Waals surface area contributed by atoms with Gasteiger partial charge in [0.15, 0.2) is 0 Å². The summed E-state index contributed by atoms with van der Waals surface area (Å²) in [5.74, 6) is 1.91.